The van der Waals surface area contributed by atoms with Crippen LogP contribution in [0.5, 0.6) is 0 Å². The van der Waals surface area contributed by atoms with Gasteiger partial charge in [-0.3, -0.25) is 6.08 Å². The van der Waals surface area contributed by atoms with E-state index in [1.807, 2.05) is 0 Å². The van der Waals surface area contributed by atoms with Crippen LogP contribution < -0.4 is 0 Å². The summed E-state index contributed by atoms with van der Waals surface area (Å²) in [6.07, 6.45) is 8.33. The molecule has 0 fully saturated rings. The van der Waals surface area contributed by atoms with E-state index in [1.54, 1.807) is 0 Å². The Kier molecular flexibility index (Phi) is 3.20. The first-order valence-corrected chi connectivity index (χ1v) is 2.13. The van der Waals surface area contributed by atoms with E-state index in [4.69, 9.17) is 0 Å². The van der Waals surface area contributed by atoms with Gasteiger partial charge < -0.3 is 2.85 Å². The van der Waals surface area contributed by atoms with Gasteiger partial charge in [0.25, 0.3) is 0 Å². The molecule has 0 aromatic rings. The van der Waals surface area contributed by atoms with Crippen LogP contribution in [0, 0.1) is 6.08 Å². The average molecular weight is 184 g/mol. The summed E-state index contributed by atoms with van der Waals surface area (Å²) in [6, 6.07) is 0. The van der Waals surface area contributed by atoms with Crippen molar-refractivity contribution in [2.45, 2.75) is 13.3 Å². The Morgan fingerprint density at radius 3 is 2.71 bits per heavy atom. The normalized spacial score (nSPS) is 15.9. The minimum absolute atomic E-state index is 0. The predicted molar refractivity (Wildman–Crippen MR) is 28.4 cm³/mol. The summed E-state index contributed by atoms with van der Waals surface area (Å²) in [4.78, 5) is 0. The van der Waals surface area contributed by atoms with Crippen LogP contribution in [0.15, 0.2) is 17.7 Å². The molecule has 0 saturated carbocycles. The van der Waals surface area contributed by atoms with Gasteiger partial charge in [0.15, 0.2) is 0 Å². The van der Waals surface area contributed by atoms with E-state index in [-0.39, 0.29) is 22.3 Å². The summed E-state index contributed by atoms with van der Waals surface area (Å²) >= 11 is 0. The van der Waals surface area contributed by atoms with E-state index in [2.05, 4.69) is 25.2 Å². The summed E-state index contributed by atoms with van der Waals surface area (Å²) < 4.78 is 0. The molecule has 0 heterocycles. The fourth-order valence-corrected chi connectivity index (χ4v) is 0.515. The molecule has 0 aromatic heterocycles. The Morgan fingerprint density at radius 2 is 2.57 bits per heavy atom. The molecule has 1 rings (SSSR count). The van der Waals surface area contributed by atoms with E-state index in [0.29, 0.717) is 0 Å². The molecule has 0 atom stereocenters. The molecule has 0 bridgehead atoms. The summed E-state index contributed by atoms with van der Waals surface area (Å²) in [7, 11) is 0. The van der Waals surface area contributed by atoms with E-state index >= 15 is 0 Å². The monoisotopic (exact) mass is 184 g/mol. The molecule has 7 heavy (non-hydrogen) atoms. The van der Waals surface area contributed by atoms with Crippen LogP contribution >= 0.6 is 0 Å². The second kappa shape index (κ2) is 3.15. The van der Waals surface area contributed by atoms with Crippen molar-refractivity contribution in [2.24, 2.45) is 0 Å². The van der Waals surface area contributed by atoms with Crippen molar-refractivity contribution in [1.29, 1.82) is 0 Å². The van der Waals surface area contributed by atoms with Crippen LogP contribution in [0.4, 0.5) is 0 Å². The molecule has 0 unspecified atom stereocenters. The molecule has 0 nitrogen and oxygen atoms in total. The second-order valence-corrected chi connectivity index (χ2v) is 1.47. The topological polar surface area (TPSA) is 0 Å². The molecule has 1 radical (unpaired) electrons. The fourth-order valence-electron chi connectivity index (χ4n) is 0.515. The summed E-state index contributed by atoms with van der Waals surface area (Å²) in [6.45, 7) is 2.06. The van der Waals surface area contributed by atoms with Gasteiger partial charge in [0.1, 0.15) is 0 Å². The van der Waals surface area contributed by atoms with Gasteiger partial charge in [-0.25, -0.2) is 11.6 Å². The van der Waals surface area contributed by atoms with Crippen LogP contribution in [0.2, 0.25) is 0 Å². The maximum absolute atomic E-state index is 3.12. The minimum atomic E-state index is 0. The molecular formula is C6H9Rh-3. The first-order valence-electron chi connectivity index (χ1n) is 2.13. The van der Waals surface area contributed by atoms with Gasteiger partial charge in [0.05, 0.1) is 0 Å². The van der Waals surface area contributed by atoms with E-state index in [0.717, 1.165) is 6.42 Å². The third kappa shape index (κ3) is 2.04. The zero-order valence-corrected chi connectivity index (χ0v) is 5.83. The predicted octanol–water partition coefficient (Wildman–Crippen LogP) is 1.92. The van der Waals surface area contributed by atoms with Crippen molar-refractivity contribution in [3.05, 3.63) is 23.8 Å². The Morgan fingerprint density at radius 1 is 1.86 bits per heavy atom. The largest absolute Gasteiger partial charge is 1.00 e. The Balaban J connectivity index is -0.000000120. The van der Waals surface area contributed by atoms with Gasteiger partial charge in [-0.2, -0.15) is 6.08 Å². The smallest absolute Gasteiger partial charge is 0 e. The van der Waals surface area contributed by atoms with Gasteiger partial charge in [0, 0.05) is 19.5 Å². The second-order valence-electron chi connectivity index (χ2n) is 1.47. The molecular weight excluding hydrogens is 175 g/mol. The van der Waals surface area contributed by atoms with Gasteiger partial charge in [-0.15, -0.1) is 6.42 Å². The Hall–Kier alpha value is 0.103. The summed E-state index contributed by atoms with van der Waals surface area (Å²) in [5.41, 5.74) is 1.27. The molecule has 0 aliphatic heterocycles. The summed E-state index contributed by atoms with van der Waals surface area (Å²) in [5, 5.41) is 0. The number of allylic oxidation sites excluding steroid dienone is 4. The maximum atomic E-state index is 3.12. The molecule has 1 aliphatic carbocycles. The number of hydrogen-bond acceptors (Lipinski definition) is 0. The van der Waals surface area contributed by atoms with Gasteiger partial charge in [0.2, 0.25) is 0 Å². The van der Waals surface area contributed by atoms with Crippen molar-refractivity contribution in [2.75, 3.05) is 0 Å². The molecule has 1 heteroatoms. The maximum Gasteiger partial charge on any atom is 0 e. The average Bonchev–Trinajstić information content (AvgIpc) is 1.86. The zero-order chi connectivity index (χ0) is 4.41. The van der Waals surface area contributed by atoms with Crippen LogP contribution in [0.25, 0.3) is 0 Å². The number of rotatable bonds is 0. The molecule has 0 amide bonds. The summed E-state index contributed by atoms with van der Waals surface area (Å²) in [5.74, 6) is 0. The number of hydrogen-bond donors (Lipinski definition) is 0. The quantitative estimate of drug-likeness (QED) is 0.398. The molecule has 0 saturated heterocycles. The van der Waals surface area contributed by atoms with Crippen molar-refractivity contribution in [3.63, 3.8) is 0 Å². The standard InChI is InChI=1S/C6H7.Rh.2H/c1-6-4-2-3-5-6;;;/h2,4H,3H2,1H3;;;/q-1;;2*-1. The Labute approximate surface area is 60.0 Å². The molecule has 1 aliphatic rings. The van der Waals surface area contributed by atoms with E-state index in [9.17, 15) is 0 Å². The molecule has 0 aromatic carbocycles. The Bertz CT molecular complexity index is 105. The van der Waals surface area contributed by atoms with Crippen LogP contribution in [0.1, 0.15) is 16.2 Å². The third-order valence-electron chi connectivity index (χ3n) is 0.867. The van der Waals surface area contributed by atoms with E-state index < -0.39 is 0 Å². The van der Waals surface area contributed by atoms with Crippen molar-refractivity contribution in [3.8, 4) is 0 Å². The third-order valence-corrected chi connectivity index (χ3v) is 0.867. The van der Waals surface area contributed by atoms with Crippen molar-refractivity contribution in [1.82, 2.24) is 0 Å². The SMILES string of the molecule is CC1=[C-]CC=C1.[H-].[H-].[Rh]. The fraction of sp³-hybridized carbons (Fsp3) is 0.333. The molecule has 45 valence electrons. The first kappa shape index (κ1) is 7.10. The van der Waals surface area contributed by atoms with Crippen LogP contribution in [-0.4, -0.2) is 0 Å². The van der Waals surface area contributed by atoms with Gasteiger partial charge in [-0.05, 0) is 0 Å². The first-order chi connectivity index (χ1) is 2.89. The van der Waals surface area contributed by atoms with Crippen LogP contribution in [-0.2, 0) is 19.5 Å². The van der Waals surface area contributed by atoms with E-state index in [1.165, 1.54) is 5.57 Å². The van der Waals surface area contributed by atoms with Crippen molar-refractivity contribution >= 4 is 0 Å². The molecule has 0 spiro atoms. The van der Waals surface area contributed by atoms with Gasteiger partial charge in [-0.1, -0.05) is 6.92 Å². The van der Waals surface area contributed by atoms with Crippen molar-refractivity contribution < 1.29 is 22.3 Å². The van der Waals surface area contributed by atoms with Gasteiger partial charge >= 0.3 is 0 Å². The molecule has 0 N–H and O–H groups in total. The minimum Gasteiger partial charge on any atom is -1.00 e. The zero-order valence-electron chi connectivity index (χ0n) is 6.20. The van der Waals surface area contributed by atoms with Crippen LogP contribution in [0.3, 0.4) is 0 Å².